The van der Waals surface area contributed by atoms with Gasteiger partial charge in [-0.05, 0) is 80.6 Å². The van der Waals surface area contributed by atoms with E-state index in [-0.39, 0.29) is 15.7 Å². The highest BCUT2D eigenvalue weighted by Crippen LogP contribution is 2.48. The van der Waals surface area contributed by atoms with Crippen molar-refractivity contribution in [2.45, 2.75) is 80.4 Å². The summed E-state index contributed by atoms with van der Waals surface area (Å²) in [6, 6.07) is 9.23. The second-order valence-corrected chi connectivity index (χ2v) is 16.3. The molecule has 4 rings (SSSR count). The quantitative estimate of drug-likeness (QED) is 0.0359. The van der Waals surface area contributed by atoms with Crippen molar-refractivity contribution >= 4 is 43.2 Å². The molecule has 0 aliphatic carbocycles. The smallest absolute Gasteiger partial charge is 0.294 e. The molecule has 2 aliphatic heterocycles. The molecule has 0 atom stereocenters. The summed E-state index contributed by atoms with van der Waals surface area (Å²) in [5.74, 6) is -0.0489. The molecule has 2 aliphatic rings. The van der Waals surface area contributed by atoms with E-state index in [0.717, 1.165) is 46.8 Å². The summed E-state index contributed by atoms with van der Waals surface area (Å²) in [7, 11) is -6.83. The van der Waals surface area contributed by atoms with Gasteiger partial charge in [-0.1, -0.05) is 43.6 Å². The Balaban J connectivity index is 1.51. The van der Waals surface area contributed by atoms with Crippen molar-refractivity contribution in [2.24, 2.45) is 5.11 Å². The normalized spacial score (nSPS) is 17.4. The maximum Gasteiger partial charge on any atom is 0.294 e. The number of nitrogens with one attached hydrogen (secondary N) is 1. The zero-order chi connectivity index (χ0) is 36.9. The van der Waals surface area contributed by atoms with E-state index < -0.39 is 31.1 Å². The highest BCUT2D eigenvalue weighted by Gasteiger charge is 2.44. The first-order valence-electron chi connectivity index (χ1n) is 16.4. The van der Waals surface area contributed by atoms with Gasteiger partial charge < -0.3 is 10.2 Å². The van der Waals surface area contributed by atoms with Crippen molar-refractivity contribution in [3.8, 4) is 0 Å². The molecule has 268 valence electrons. The van der Waals surface area contributed by atoms with Gasteiger partial charge in [-0.15, -0.1) is 0 Å². The van der Waals surface area contributed by atoms with Crippen LogP contribution in [0.5, 0.6) is 0 Å². The van der Waals surface area contributed by atoms with Crippen LogP contribution in [0.3, 0.4) is 0 Å². The molecule has 15 heteroatoms. The van der Waals surface area contributed by atoms with Crippen molar-refractivity contribution in [1.82, 2.24) is 5.32 Å². The van der Waals surface area contributed by atoms with E-state index in [0.29, 0.717) is 38.9 Å². The molecule has 50 heavy (non-hydrogen) atoms. The predicted octanol–water partition coefficient (Wildman–Crippen LogP) is 6.36. The monoisotopic (exact) mass is 725 g/mol. The number of unbranched alkanes of at least 4 members (excludes halogenated alkanes) is 2. The van der Waals surface area contributed by atoms with Crippen LogP contribution >= 0.6 is 0 Å². The van der Waals surface area contributed by atoms with Crippen LogP contribution < -0.4 is 10.2 Å². The average Bonchev–Trinajstić information content (AvgIpc) is 3.37. The number of rotatable bonds is 15. The van der Waals surface area contributed by atoms with Gasteiger partial charge in [0.15, 0.2) is 5.71 Å². The summed E-state index contributed by atoms with van der Waals surface area (Å²) in [6.45, 7) is 9.42. The fraction of sp³-hybridized carbons (Fsp3) is 0.429. The van der Waals surface area contributed by atoms with Crippen molar-refractivity contribution in [3.05, 3.63) is 94.0 Å². The summed E-state index contributed by atoms with van der Waals surface area (Å²) in [5, 5.41) is 6.29. The minimum atomic E-state index is -4.40. The van der Waals surface area contributed by atoms with Crippen LogP contribution in [-0.2, 0) is 35.9 Å². The topological polar surface area (TPSA) is 193 Å². The largest absolute Gasteiger partial charge is 0.356 e. The maximum atomic E-state index is 12.2. The van der Waals surface area contributed by atoms with Gasteiger partial charge in [0, 0.05) is 65.5 Å². The number of fused-ring (bicyclic) bond motifs is 2. The van der Waals surface area contributed by atoms with E-state index >= 15 is 0 Å². The first-order valence-corrected chi connectivity index (χ1v) is 19.2. The Kier molecular flexibility index (Phi) is 11.8. The summed E-state index contributed by atoms with van der Waals surface area (Å²) >= 11 is 0. The fourth-order valence-corrected chi connectivity index (χ4v) is 7.65. The Labute approximate surface area is 294 Å². The van der Waals surface area contributed by atoms with Crippen LogP contribution in [0.25, 0.3) is 10.4 Å². The molecule has 0 aromatic heterocycles. The third-order valence-electron chi connectivity index (χ3n) is 9.30. The molecule has 2 aromatic carbocycles. The van der Waals surface area contributed by atoms with Crippen molar-refractivity contribution in [1.29, 1.82) is 0 Å². The zero-order valence-corrected chi connectivity index (χ0v) is 30.6. The van der Waals surface area contributed by atoms with Gasteiger partial charge >= 0.3 is 0 Å². The van der Waals surface area contributed by atoms with Gasteiger partial charge in [0.1, 0.15) is 7.05 Å². The summed E-state index contributed by atoms with van der Waals surface area (Å²) in [4.78, 5) is 16.7. The summed E-state index contributed by atoms with van der Waals surface area (Å²) in [5.41, 5.74) is 12.4. The Morgan fingerprint density at radius 3 is 2.24 bits per heavy atom. The number of amides is 1. The third kappa shape index (κ3) is 8.53. The van der Waals surface area contributed by atoms with Crippen molar-refractivity contribution in [3.63, 3.8) is 0 Å². The molecule has 0 saturated carbocycles. The molecular weight excluding hydrogens is 681 g/mol. The number of anilines is 1. The molecule has 13 nitrogen and oxygen atoms in total. The number of allylic oxidation sites excluding steroid dienone is 6. The van der Waals surface area contributed by atoms with Gasteiger partial charge in [-0.25, -0.2) is 0 Å². The lowest BCUT2D eigenvalue weighted by Gasteiger charge is -2.27. The molecule has 0 unspecified atom stereocenters. The first-order chi connectivity index (χ1) is 23.4. The Bertz CT molecular complexity index is 2040. The fourth-order valence-electron chi connectivity index (χ4n) is 6.63. The minimum Gasteiger partial charge on any atom is -0.356 e. The van der Waals surface area contributed by atoms with E-state index in [1.54, 1.807) is 12.1 Å². The second kappa shape index (κ2) is 15.3. The van der Waals surface area contributed by atoms with E-state index in [4.69, 9.17) is 5.53 Å². The molecule has 0 spiro atoms. The molecule has 0 radical (unpaired) electrons. The molecule has 0 fully saturated rings. The number of hydrogen-bond acceptors (Lipinski definition) is 7. The van der Waals surface area contributed by atoms with E-state index in [1.807, 2.05) is 69.7 Å². The van der Waals surface area contributed by atoms with Crippen LogP contribution in [0.1, 0.15) is 70.9 Å². The Morgan fingerprint density at radius 2 is 1.58 bits per heavy atom. The summed E-state index contributed by atoms with van der Waals surface area (Å²) < 4.78 is 68.8. The SMILES string of the molecule is C[N+]1=C(\C=C/C=C/C=C2/N(CCCCCC(=O)NCCCN=[N+]=[N-])c3ccc(S(=O)(=O)O)cc3C2(C)C)C(C)(C)c2cc(S(=O)(=O)O)ccc21. The van der Waals surface area contributed by atoms with Crippen LogP contribution in [0.4, 0.5) is 11.4 Å². The van der Waals surface area contributed by atoms with Gasteiger partial charge in [0.2, 0.25) is 11.6 Å². The number of carbonyl (C=O) groups excluding carboxylic acids is 1. The van der Waals surface area contributed by atoms with E-state index in [1.165, 1.54) is 24.3 Å². The molecule has 2 aromatic rings. The molecule has 1 amide bonds. The first kappa shape index (κ1) is 38.5. The van der Waals surface area contributed by atoms with Gasteiger partial charge in [0.05, 0.1) is 15.2 Å². The van der Waals surface area contributed by atoms with Gasteiger partial charge in [-0.2, -0.15) is 21.4 Å². The molecule has 3 N–H and O–H groups in total. The van der Waals surface area contributed by atoms with Gasteiger partial charge in [-0.3, -0.25) is 13.9 Å². The second-order valence-electron chi connectivity index (χ2n) is 13.4. The van der Waals surface area contributed by atoms with Crippen molar-refractivity contribution < 1.29 is 35.3 Å². The lowest BCUT2D eigenvalue weighted by atomic mass is 9.81. The highest BCUT2D eigenvalue weighted by atomic mass is 32.2. The molecule has 0 bridgehead atoms. The number of hydrogen-bond donors (Lipinski definition) is 3. The number of nitrogens with zero attached hydrogens (tertiary/aromatic N) is 5. The van der Waals surface area contributed by atoms with E-state index in [9.17, 15) is 30.7 Å². The highest BCUT2D eigenvalue weighted by molar-refractivity contribution is 7.86. The van der Waals surface area contributed by atoms with Crippen molar-refractivity contribution in [2.75, 3.05) is 31.6 Å². The third-order valence-corrected chi connectivity index (χ3v) is 11.0. The zero-order valence-electron chi connectivity index (χ0n) is 29.0. The number of benzene rings is 2. The average molecular weight is 726 g/mol. The summed E-state index contributed by atoms with van der Waals surface area (Å²) in [6.07, 6.45) is 12.9. The number of azide groups is 1. The lowest BCUT2D eigenvalue weighted by molar-refractivity contribution is -0.401. The lowest BCUT2D eigenvalue weighted by Crippen LogP contribution is -2.27. The minimum absolute atomic E-state index is 0.0489. The number of carbonyl (C=O) groups is 1. The van der Waals surface area contributed by atoms with Gasteiger partial charge in [0.25, 0.3) is 20.2 Å². The maximum absolute atomic E-state index is 12.2. The standard InChI is InChI=1S/C35H44N6O7S2/c1-34(2)27-23-25(49(43,44)45)16-18-29(27)40(5)31(34)13-8-6-9-14-32-35(3,4)28-24-26(50(46,47)48)17-19-30(28)41(32)22-11-7-10-15-33(42)37-20-12-21-38-39-36/h6,8-9,13-14,16-19,23-24H,7,10-12,15,20-22H2,1-5H3,(H2-,37,42,43,44,45,46,47,48)/p+1. The molecular formula is C35H45N6O7S2+. The van der Waals surface area contributed by atoms with Crippen LogP contribution in [0.15, 0.2) is 87.4 Å². The molecule has 2 heterocycles. The molecule has 0 saturated heterocycles. The van der Waals surface area contributed by atoms with E-state index in [2.05, 4.69) is 20.2 Å². The predicted molar refractivity (Wildman–Crippen MR) is 193 cm³/mol. The van der Waals surface area contributed by atoms with Crippen LogP contribution in [0, 0.1) is 0 Å². The Morgan fingerprint density at radius 1 is 0.920 bits per heavy atom. The Hall–Kier alpha value is -4.27. The van der Waals surface area contributed by atoms with Crippen LogP contribution in [-0.4, -0.2) is 68.8 Å². The van der Waals surface area contributed by atoms with Crippen LogP contribution in [0.2, 0.25) is 0 Å².